The van der Waals surface area contributed by atoms with Gasteiger partial charge in [-0.1, -0.05) is 6.07 Å². The van der Waals surface area contributed by atoms with E-state index in [0.29, 0.717) is 31.2 Å². The van der Waals surface area contributed by atoms with E-state index < -0.39 is 0 Å². The number of pyridine rings is 1. The molecule has 0 spiro atoms. The zero-order valence-electron chi connectivity index (χ0n) is 13.3. The molecular formula is C17H18N2O5. The molecule has 0 fully saturated rings. The average molecular weight is 330 g/mol. The van der Waals surface area contributed by atoms with Crippen LogP contribution >= 0.6 is 0 Å². The molecular weight excluding hydrogens is 312 g/mol. The Hall–Kier alpha value is -2.80. The molecule has 0 saturated heterocycles. The summed E-state index contributed by atoms with van der Waals surface area (Å²) in [5, 5.41) is 9.31. The van der Waals surface area contributed by atoms with Crippen LogP contribution in [0.1, 0.15) is 16.1 Å². The maximum atomic E-state index is 12.7. The Kier molecular flexibility index (Phi) is 4.81. The van der Waals surface area contributed by atoms with Crippen LogP contribution in [0.15, 0.2) is 36.5 Å². The number of carbonyl (C=O) groups is 1. The quantitative estimate of drug-likeness (QED) is 0.870. The van der Waals surface area contributed by atoms with Crippen molar-refractivity contribution in [2.24, 2.45) is 0 Å². The van der Waals surface area contributed by atoms with Crippen molar-refractivity contribution in [3.05, 3.63) is 47.8 Å². The van der Waals surface area contributed by atoms with Gasteiger partial charge in [0.05, 0.1) is 12.8 Å². The molecule has 1 amide bonds. The first-order valence-electron chi connectivity index (χ1n) is 7.49. The largest absolute Gasteiger partial charge is 0.506 e. The highest BCUT2D eigenvalue weighted by Gasteiger charge is 2.19. The number of hydrogen-bond donors (Lipinski definition) is 1. The second-order valence-electron chi connectivity index (χ2n) is 5.31. The molecule has 7 heteroatoms. The number of nitrogens with zero attached hydrogens (tertiary/aromatic N) is 2. The summed E-state index contributed by atoms with van der Waals surface area (Å²) in [7, 11) is 1.59. The van der Waals surface area contributed by atoms with Crippen LogP contribution in [0.3, 0.4) is 0 Å². The lowest BCUT2D eigenvalue weighted by atomic mass is 10.1. The van der Waals surface area contributed by atoms with Crippen LogP contribution in [0.25, 0.3) is 0 Å². The number of aromatic nitrogens is 1. The van der Waals surface area contributed by atoms with Gasteiger partial charge in [0.2, 0.25) is 6.79 Å². The molecule has 2 aromatic rings. The second-order valence-corrected chi connectivity index (χ2v) is 5.31. The van der Waals surface area contributed by atoms with Crippen LogP contribution in [0, 0.1) is 0 Å². The molecule has 0 aliphatic carbocycles. The number of amides is 1. The maximum absolute atomic E-state index is 12.7. The Morgan fingerprint density at radius 3 is 2.88 bits per heavy atom. The monoisotopic (exact) mass is 330 g/mol. The molecule has 3 rings (SSSR count). The van der Waals surface area contributed by atoms with Crippen LogP contribution in [-0.2, 0) is 11.3 Å². The summed E-state index contributed by atoms with van der Waals surface area (Å²) < 4.78 is 15.8. The summed E-state index contributed by atoms with van der Waals surface area (Å²) in [5.41, 5.74) is 1.19. The molecule has 7 nitrogen and oxygen atoms in total. The molecule has 126 valence electrons. The van der Waals surface area contributed by atoms with Crippen molar-refractivity contribution in [1.29, 1.82) is 0 Å². The second kappa shape index (κ2) is 7.18. The van der Waals surface area contributed by atoms with Crippen molar-refractivity contribution >= 4 is 5.91 Å². The van der Waals surface area contributed by atoms with Crippen molar-refractivity contribution in [1.82, 2.24) is 9.88 Å². The van der Waals surface area contributed by atoms with Crippen LogP contribution in [0.4, 0.5) is 0 Å². The van der Waals surface area contributed by atoms with Gasteiger partial charge in [-0.2, -0.15) is 0 Å². The molecule has 0 bridgehead atoms. The van der Waals surface area contributed by atoms with E-state index in [1.807, 2.05) is 18.2 Å². The summed E-state index contributed by atoms with van der Waals surface area (Å²) in [5.74, 6) is 1.17. The van der Waals surface area contributed by atoms with Gasteiger partial charge in [-0.05, 0) is 29.8 Å². The van der Waals surface area contributed by atoms with Crippen molar-refractivity contribution in [2.45, 2.75) is 6.54 Å². The molecule has 0 radical (unpaired) electrons. The number of fused-ring (bicyclic) bond motifs is 1. The predicted molar refractivity (Wildman–Crippen MR) is 85.1 cm³/mol. The Morgan fingerprint density at radius 2 is 2.12 bits per heavy atom. The van der Waals surface area contributed by atoms with E-state index in [2.05, 4.69) is 4.98 Å². The van der Waals surface area contributed by atoms with Gasteiger partial charge in [0, 0.05) is 20.2 Å². The third kappa shape index (κ3) is 3.57. The topological polar surface area (TPSA) is 81.1 Å². The summed E-state index contributed by atoms with van der Waals surface area (Å²) in [6, 6.07) is 8.52. The van der Waals surface area contributed by atoms with Crippen LogP contribution in [0.2, 0.25) is 0 Å². The lowest BCUT2D eigenvalue weighted by molar-refractivity contribution is 0.0674. The van der Waals surface area contributed by atoms with Gasteiger partial charge < -0.3 is 24.2 Å². The summed E-state index contributed by atoms with van der Waals surface area (Å²) in [6.45, 7) is 1.44. The molecule has 1 N–H and O–H groups in total. The fourth-order valence-corrected chi connectivity index (χ4v) is 2.39. The SMILES string of the molecule is COCCN(Cc1ccc2c(c1)OCO2)C(=O)c1ccc(O)cn1. The molecule has 0 atom stereocenters. The van der Waals surface area contributed by atoms with E-state index >= 15 is 0 Å². The Bertz CT molecular complexity index is 717. The van der Waals surface area contributed by atoms with Gasteiger partial charge in [-0.15, -0.1) is 0 Å². The van der Waals surface area contributed by atoms with E-state index in [4.69, 9.17) is 14.2 Å². The van der Waals surface area contributed by atoms with Crippen molar-refractivity contribution in [2.75, 3.05) is 27.1 Å². The molecule has 24 heavy (non-hydrogen) atoms. The molecule has 2 heterocycles. The van der Waals surface area contributed by atoms with Crippen molar-refractivity contribution in [3.63, 3.8) is 0 Å². The highest BCUT2D eigenvalue weighted by molar-refractivity contribution is 5.92. The van der Waals surface area contributed by atoms with Gasteiger partial charge in [-0.3, -0.25) is 4.79 Å². The molecule has 1 aliphatic heterocycles. The van der Waals surface area contributed by atoms with Gasteiger partial charge in [0.15, 0.2) is 11.5 Å². The standard InChI is InChI=1S/C17H18N2O5/c1-22-7-6-19(17(21)14-4-3-13(20)9-18-14)10-12-2-5-15-16(8-12)24-11-23-15/h2-5,8-9,20H,6-7,10-11H2,1H3. The van der Waals surface area contributed by atoms with Gasteiger partial charge in [0.25, 0.3) is 5.91 Å². The Balaban J connectivity index is 1.78. The minimum Gasteiger partial charge on any atom is -0.506 e. The van der Waals surface area contributed by atoms with E-state index in [9.17, 15) is 9.90 Å². The van der Waals surface area contributed by atoms with Gasteiger partial charge in [-0.25, -0.2) is 4.98 Å². The number of carbonyl (C=O) groups excluding carboxylic acids is 1. The molecule has 1 aromatic heterocycles. The van der Waals surface area contributed by atoms with E-state index in [1.165, 1.54) is 18.3 Å². The number of methoxy groups -OCH3 is 1. The zero-order valence-corrected chi connectivity index (χ0v) is 13.3. The van der Waals surface area contributed by atoms with Crippen LogP contribution in [0.5, 0.6) is 17.2 Å². The maximum Gasteiger partial charge on any atom is 0.272 e. The Labute approximate surface area is 139 Å². The van der Waals surface area contributed by atoms with Crippen LogP contribution < -0.4 is 9.47 Å². The molecule has 0 unspecified atom stereocenters. The summed E-state index contributed by atoms with van der Waals surface area (Å²) in [6.07, 6.45) is 1.25. The summed E-state index contributed by atoms with van der Waals surface area (Å²) >= 11 is 0. The predicted octanol–water partition coefficient (Wildman–Crippen LogP) is 1.80. The lowest BCUT2D eigenvalue weighted by Gasteiger charge is -2.22. The average Bonchev–Trinajstić information content (AvgIpc) is 3.06. The first kappa shape index (κ1) is 16.1. The normalized spacial score (nSPS) is 12.2. The highest BCUT2D eigenvalue weighted by atomic mass is 16.7. The first-order chi connectivity index (χ1) is 11.7. The fraction of sp³-hybridized carbons (Fsp3) is 0.294. The lowest BCUT2D eigenvalue weighted by Crippen LogP contribution is -2.34. The number of benzene rings is 1. The van der Waals surface area contributed by atoms with E-state index in [0.717, 1.165) is 5.56 Å². The number of hydrogen-bond acceptors (Lipinski definition) is 6. The highest BCUT2D eigenvalue weighted by Crippen LogP contribution is 2.32. The molecule has 1 aromatic carbocycles. The smallest absolute Gasteiger partial charge is 0.272 e. The fourth-order valence-electron chi connectivity index (χ4n) is 2.39. The van der Waals surface area contributed by atoms with Crippen molar-refractivity contribution < 1.29 is 24.1 Å². The zero-order chi connectivity index (χ0) is 16.9. The minimum atomic E-state index is -0.232. The van der Waals surface area contributed by atoms with Gasteiger partial charge >= 0.3 is 0 Å². The summed E-state index contributed by atoms with van der Waals surface area (Å²) in [4.78, 5) is 18.3. The van der Waals surface area contributed by atoms with Gasteiger partial charge in [0.1, 0.15) is 11.4 Å². The van der Waals surface area contributed by atoms with Crippen LogP contribution in [-0.4, -0.2) is 48.0 Å². The molecule has 0 saturated carbocycles. The number of rotatable bonds is 6. The Morgan fingerprint density at radius 1 is 1.29 bits per heavy atom. The third-order valence-electron chi connectivity index (χ3n) is 3.63. The first-order valence-corrected chi connectivity index (χ1v) is 7.49. The number of ether oxygens (including phenoxy) is 3. The van der Waals surface area contributed by atoms with E-state index in [-0.39, 0.29) is 24.1 Å². The third-order valence-corrected chi connectivity index (χ3v) is 3.63. The molecule has 1 aliphatic rings. The van der Waals surface area contributed by atoms with Crippen molar-refractivity contribution in [3.8, 4) is 17.2 Å². The minimum absolute atomic E-state index is 0.0192. The number of aromatic hydroxyl groups is 1. The van der Waals surface area contributed by atoms with E-state index in [1.54, 1.807) is 12.0 Å².